The lowest BCUT2D eigenvalue weighted by Gasteiger charge is -2.22. The van der Waals surface area contributed by atoms with E-state index in [4.69, 9.17) is 9.90 Å². The number of pyridine rings is 1. The quantitative estimate of drug-likeness (QED) is 0.600. The molecule has 11 heteroatoms. The third kappa shape index (κ3) is 3.61. The summed E-state index contributed by atoms with van der Waals surface area (Å²) in [6.07, 6.45) is 1.83. The lowest BCUT2D eigenvalue weighted by atomic mass is 10.2. The van der Waals surface area contributed by atoms with Gasteiger partial charge in [0.05, 0.1) is 13.1 Å². The Morgan fingerprint density at radius 2 is 2.11 bits per heavy atom. The predicted octanol–water partition coefficient (Wildman–Crippen LogP) is -0.358. The average Bonchev–Trinajstić information content (AvgIpc) is 3.28. The third-order valence-corrected chi connectivity index (χ3v) is 4.02. The smallest absolute Gasteiger partial charge is 0.290 e. The molecule has 2 N–H and O–H groups in total. The molecule has 0 saturated heterocycles. The van der Waals surface area contributed by atoms with Gasteiger partial charge in [-0.15, -0.1) is 10.2 Å². The number of fused-ring (bicyclic) bond motifs is 2. The molecule has 0 spiro atoms. The van der Waals surface area contributed by atoms with Crippen LogP contribution in [0.15, 0.2) is 30.5 Å². The lowest BCUT2D eigenvalue weighted by molar-refractivity contribution is -0.122. The SMILES string of the molecule is CN1CCn2nc(C(=O)NCc3nnc4ccccn34)cc2C1=O.O=CO. The van der Waals surface area contributed by atoms with E-state index in [-0.39, 0.29) is 30.5 Å². The van der Waals surface area contributed by atoms with E-state index in [2.05, 4.69) is 20.6 Å². The Morgan fingerprint density at radius 1 is 1.33 bits per heavy atom. The number of hydrogen-bond acceptors (Lipinski definition) is 6. The van der Waals surface area contributed by atoms with Gasteiger partial charge in [0.25, 0.3) is 18.3 Å². The van der Waals surface area contributed by atoms with Crippen molar-refractivity contribution in [3.8, 4) is 0 Å². The molecule has 0 unspecified atom stereocenters. The van der Waals surface area contributed by atoms with Crippen molar-refractivity contribution in [2.45, 2.75) is 13.1 Å². The number of aromatic nitrogens is 5. The Hall–Kier alpha value is -3.76. The highest BCUT2D eigenvalue weighted by Gasteiger charge is 2.25. The molecule has 3 aromatic rings. The molecule has 0 saturated carbocycles. The van der Waals surface area contributed by atoms with Crippen LogP contribution in [0, 0.1) is 0 Å². The van der Waals surface area contributed by atoms with E-state index >= 15 is 0 Å². The van der Waals surface area contributed by atoms with E-state index in [1.807, 2.05) is 24.4 Å². The summed E-state index contributed by atoms with van der Waals surface area (Å²) in [4.78, 5) is 34.3. The van der Waals surface area contributed by atoms with Crippen molar-refractivity contribution < 1.29 is 19.5 Å². The van der Waals surface area contributed by atoms with Gasteiger partial charge in [-0.3, -0.25) is 23.5 Å². The predicted molar refractivity (Wildman–Crippen MR) is 92.0 cm³/mol. The van der Waals surface area contributed by atoms with Crippen LogP contribution >= 0.6 is 0 Å². The fourth-order valence-corrected chi connectivity index (χ4v) is 2.67. The largest absolute Gasteiger partial charge is 0.483 e. The fourth-order valence-electron chi connectivity index (χ4n) is 2.67. The number of rotatable bonds is 3. The summed E-state index contributed by atoms with van der Waals surface area (Å²) in [5.74, 6) is 0.148. The monoisotopic (exact) mass is 371 g/mol. The molecule has 2 amide bonds. The molecule has 0 radical (unpaired) electrons. The highest BCUT2D eigenvalue weighted by atomic mass is 16.3. The number of carbonyl (C=O) groups is 3. The maximum atomic E-state index is 12.3. The van der Waals surface area contributed by atoms with Crippen LogP contribution in [0.3, 0.4) is 0 Å². The number of hydrogen-bond donors (Lipinski definition) is 2. The van der Waals surface area contributed by atoms with Crippen LogP contribution in [0.25, 0.3) is 5.65 Å². The van der Waals surface area contributed by atoms with Crippen molar-refractivity contribution >= 4 is 23.9 Å². The molecule has 0 bridgehead atoms. The second kappa shape index (κ2) is 7.64. The van der Waals surface area contributed by atoms with Gasteiger partial charge < -0.3 is 15.3 Å². The third-order valence-electron chi connectivity index (χ3n) is 4.02. The number of amides is 2. The van der Waals surface area contributed by atoms with Gasteiger partial charge in [0.15, 0.2) is 17.2 Å². The normalized spacial score (nSPS) is 12.9. The number of carboxylic acid groups (broad SMARTS) is 1. The Balaban J connectivity index is 0.000000659. The van der Waals surface area contributed by atoms with Crippen molar-refractivity contribution in [2.24, 2.45) is 0 Å². The van der Waals surface area contributed by atoms with Gasteiger partial charge in [-0.2, -0.15) is 5.10 Å². The zero-order chi connectivity index (χ0) is 19.4. The Kier molecular flexibility index (Phi) is 5.11. The molecule has 3 aromatic heterocycles. The van der Waals surface area contributed by atoms with Gasteiger partial charge >= 0.3 is 0 Å². The van der Waals surface area contributed by atoms with E-state index in [1.54, 1.807) is 21.0 Å². The van der Waals surface area contributed by atoms with Crippen LogP contribution in [0.4, 0.5) is 0 Å². The van der Waals surface area contributed by atoms with E-state index in [9.17, 15) is 9.59 Å². The summed E-state index contributed by atoms with van der Waals surface area (Å²) in [6, 6.07) is 7.10. The lowest BCUT2D eigenvalue weighted by Crippen LogP contribution is -2.37. The minimum absolute atomic E-state index is 0.128. The molecule has 1 aliphatic rings. The highest BCUT2D eigenvalue weighted by molar-refractivity contribution is 5.98. The molecule has 27 heavy (non-hydrogen) atoms. The zero-order valence-corrected chi connectivity index (χ0v) is 14.4. The summed E-state index contributed by atoms with van der Waals surface area (Å²) in [7, 11) is 1.73. The maximum absolute atomic E-state index is 12.3. The molecule has 1 aliphatic heterocycles. The zero-order valence-electron chi connectivity index (χ0n) is 14.4. The molecule has 11 nitrogen and oxygen atoms in total. The number of carbonyl (C=O) groups excluding carboxylic acids is 2. The fraction of sp³-hybridized carbons (Fsp3) is 0.250. The molecule has 140 valence electrons. The van der Waals surface area contributed by atoms with E-state index in [1.165, 1.54) is 6.07 Å². The van der Waals surface area contributed by atoms with E-state index < -0.39 is 0 Å². The molecule has 4 rings (SSSR count). The van der Waals surface area contributed by atoms with Gasteiger partial charge in [-0.05, 0) is 12.1 Å². The highest BCUT2D eigenvalue weighted by Crippen LogP contribution is 2.12. The molecule has 0 fully saturated rings. The van der Waals surface area contributed by atoms with Gasteiger partial charge in [-0.25, -0.2) is 0 Å². The topological polar surface area (TPSA) is 135 Å². The molecule has 0 aliphatic carbocycles. The first-order valence-corrected chi connectivity index (χ1v) is 8.03. The van der Waals surface area contributed by atoms with Crippen molar-refractivity contribution in [3.05, 3.63) is 47.7 Å². The summed E-state index contributed by atoms with van der Waals surface area (Å²) in [6.45, 7) is 1.14. The van der Waals surface area contributed by atoms with Crippen molar-refractivity contribution in [2.75, 3.05) is 13.6 Å². The van der Waals surface area contributed by atoms with Crippen LogP contribution < -0.4 is 5.32 Å². The maximum Gasteiger partial charge on any atom is 0.290 e. The number of nitrogens with zero attached hydrogens (tertiary/aromatic N) is 6. The number of nitrogens with one attached hydrogen (secondary N) is 1. The summed E-state index contributed by atoms with van der Waals surface area (Å²) < 4.78 is 3.38. The average molecular weight is 371 g/mol. The molecule has 0 atom stereocenters. The summed E-state index contributed by atoms with van der Waals surface area (Å²) in [5.41, 5.74) is 1.37. The Bertz CT molecular complexity index is 994. The Morgan fingerprint density at radius 3 is 2.89 bits per heavy atom. The van der Waals surface area contributed by atoms with E-state index in [0.29, 0.717) is 30.3 Å². The van der Waals surface area contributed by atoms with Crippen LogP contribution in [-0.2, 0) is 17.9 Å². The van der Waals surface area contributed by atoms with Crippen molar-refractivity contribution in [1.29, 1.82) is 0 Å². The minimum atomic E-state index is -0.347. The second-order valence-electron chi connectivity index (χ2n) is 5.70. The Labute approximate surface area is 153 Å². The molecular weight excluding hydrogens is 354 g/mol. The van der Waals surface area contributed by atoms with Crippen LogP contribution in [0.2, 0.25) is 0 Å². The minimum Gasteiger partial charge on any atom is -0.483 e. The first kappa shape index (κ1) is 18.0. The molecule has 4 heterocycles. The number of likely N-dealkylation sites (N-methyl/N-ethyl adjacent to an activating group) is 1. The van der Waals surface area contributed by atoms with Gasteiger partial charge in [-0.1, -0.05) is 6.07 Å². The molecular formula is C16H17N7O4. The van der Waals surface area contributed by atoms with Crippen LogP contribution in [-0.4, -0.2) is 66.3 Å². The van der Waals surface area contributed by atoms with Gasteiger partial charge in [0.1, 0.15) is 5.69 Å². The molecule has 0 aromatic carbocycles. The van der Waals surface area contributed by atoms with Crippen LogP contribution in [0.5, 0.6) is 0 Å². The van der Waals surface area contributed by atoms with Gasteiger partial charge in [0, 0.05) is 25.9 Å². The van der Waals surface area contributed by atoms with Crippen LogP contribution in [0.1, 0.15) is 26.8 Å². The second-order valence-corrected chi connectivity index (χ2v) is 5.70. The standard InChI is InChI=1S/C15H15N7O2.CH2O2/c1-20-6-7-22-11(15(20)24)8-10(19-22)14(23)16-9-13-18-17-12-4-2-3-5-21(12)13;2-1-3/h2-5,8H,6-7,9H2,1H3,(H,16,23);1H,(H,2,3). The van der Waals surface area contributed by atoms with E-state index in [0.717, 1.165) is 0 Å². The van der Waals surface area contributed by atoms with Crippen molar-refractivity contribution in [3.63, 3.8) is 0 Å². The first-order valence-electron chi connectivity index (χ1n) is 8.03. The van der Waals surface area contributed by atoms with Gasteiger partial charge in [0.2, 0.25) is 0 Å². The first-order chi connectivity index (χ1) is 13.0. The summed E-state index contributed by atoms with van der Waals surface area (Å²) >= 11 is 0. The summed E-state index contributed by atoms with van der Waals surface area (Å²) in [5, 5.41) is 22.0. The van der Waals surface area contributed by atoms with Crippen molar-refractivity contribution in [1.82, 2.24) is 34.6 Å².